The number of hydrogen-bond acceptors (Lipinski definition) is 4. The Balaban J connectivity index is 0.00000312. The molecule has 26 heavy (non-hydrogen) atoms. The Kier molecular flexibility index (Phi) is 11.4. The number of hydrogen-bond donors (Lipinski definition) is 3. The van der Waals surface area contributed by atoms with Crippen LogP contribution in [0.5, 0.6) is 5.75 Å². The van der Waals surface area contributed by atoms with Gasteiger partial charge in [-0.25, -0.2) is 8.78 Å². The van der Waals surface area contributed by atoms with Crippen LogP contribution in [0.15, 0.2) is 42.5 Å². The Morgan fingerprint density at radius 2 is 1.81 bits per heavy atom. The molecule has 0 saturated heterocycles. The summed E-state index contributed by atoms with van der Waals surface area (Å²) in [7, 11) is 1.60. The number of benzene rings is 2. The van der Waals surface area contributed by atoms with Gasteiger partial charge in [-0.1, -0.05) is 18.2 Å². The number of ether oxygens (including phenoxy) is 1. The van der Waals surface area contributed by atoms with E-state index in [1.807, 2.05) is 24.3 Å². The maximum atomic E-state index is 13.2. The zero-order chi connectivity index (χ0) is 17.5. The maximum absolute atomic E-state index is 13.2. The highest BCUT2D eigenvalue weighted by Gasteiger charge is 2.16. The van der Waals surface area contributed by atoms with Gasteiger partial charge in [0.2, 0.25) is 0 Å². The fourth-order valence-corrected chi connectivity index (χ4v) is 2.37. The van der Waals surface area contributed by atoms with Crippen LogP contribution in [0.3, 0.4) is 0 Å². The molecule has 0 aliphatic carbocycles. The molecule has 0 saturated carbocycles. The lowest BCUT2D eigenvalue weighted by atomic mass is 10.0. The van der Waals surface area contributed by atoms with Crippen molar-refractivity contribution in [3.63, 3.8) is 0 Å². The largest absolute Gasteiger partial charge is 0.497 e. The molecule has 0 heterocycles. The lowest BCUT2D eigenvalue weighted by Crippen LogP contribution is -2.43. The molecule has 4 nitrogen and oxygen atoms in total. The number of aliphatic hydroxyl groups excluding tert-OH is 1. The van der Waals surface area contributed by atoms with Crippen LogP contribution in [-0.4, -0.2) is 30.9 Å². The van der Waals surface area contributed by atoms with Gasteiger partial charge in [-0.3, -0.25) is 0 Å². The molecule has 0 aromatic heterocycles. The molecule has 0 aliphatic rings. The van der Waals surface area contributed by atoms with Gasteiger partial charge < -0.3 is 20.9 Å². The summed E-state index contributed by atoms with van der Waals surface area (Å²) in [5.41, 5.74) is 7.51. The second-order valence-electron chi connectivity index (χ2n) is 5.67. The van der Waals surface area contributed by atoms with Crippen LogP contribution in [0.2, 0.25) is 0 Å². The van der Waals surface area contributed by atoms with Crippen molar-refractivity contribution in [2.24, 2.45) is 5.73 Å². The lowest BCUT2D eigenvalue weighted by Gasteiger charge is -2.19. The molecule has 0 aliphatic heterocycles. The molecule has 0 unspecified atom stereocenters. The minimum atomic E-state index is -0.912. The van der Waals surface area contributed by atoms with Crippen molar-refractivity contribution in [2.45, 2.75) is 25.1 Å². The van der Waals surface area contributed by atoms with Crippen molar-refractivity contribution < 1.29 is 18.6 Å². The summed E-state index contributed by atoms with van der Waals surface area (Å²) in [5.74, 6) is -1.04. The molecule has 2 aromatic rings. The van der Waals surface area contributed by atoms with Gasteiger partial charge in [-0.2, -0.15) is 0 Å². The number of nitrogens with one attached hydrogen (secondary N) is 1. The third-order valence-electron chi connectivity index (χ3n) is 3.77. The molecule has 2 atom stereocenters. The monoisotopic (exact) mass is 408 g/mol. The molecule has 0 radical (unpaired) electrons. The van der Waals surface area contributed by atoms with E-state index in [1.54, 1.807) is 7.11 Å². The van der Waals surface area contributed by atoms with E-state index >= 15 is 0 Å². The summed E-state index contributed by atoms with van der Waals surface area (Å²) in [6.45, 7) is 0.855. The van der Waals surface area contributed by atoms with Crippen LogP contribution in [-0.2, 0) is 13.0 Å². The average molecular weight is 409 g/mol. The van der Waals surface area contributed by atoms with Crippen LogP contribution < -0.4 is 15.8 Å². The highest BCUT2D eigenvalue weighted by molar-refractivity contribution is 5.85. The Morgan fingerprint density at radius 3 is 2.46 bits per heavy atom. The fraction of sp³-hybridized carbons (Fsp3) is 0.333. The van der Waals surface area contributed by atoms with Gasteiger partial charge in [-0.05, 0) is 41.8 Å². The van der Waals surface area contributed by atoms with Crippen molar-refractivity contribution in [1.29, 1.82) is 0 Å². The summed E-state index contributed by atoms with van der Waals surface area (Å²) >= 11 is 0. The van der Waals surface area contributed by atoms with Gasteiger partial charge in [-0.15, -0.1) is 24.8 Å². The van der Waals surface area contributed by atoms with Gasteiger partial charge >= 0.3 is 0 Å². The molecule has 4 N–H and O–H groups in total. The Hall–Kier alpha value is -1.44. The smallest absolute Gasteiger partial charge is 0.159 e. The van der Waals surface area contributed by atoms with E-state index in [1.165, 1.54) is 6.07 Å². The molecule has 0 bridgehead atoms. The molecule has 0 amide bonds. The molecule has 2 rings (SSSR count). The van der Waals surface area contributed by atoms with E-state index in [0.29, 0.717) is 18.7 Å². The van der Waals surface area contributed by atoms with E-state index in [0.717, 1.165) is 23.4 Å². The van der Waals surface area contributed by atoms with Crippen molar-refractivity contribution in [2.75, 3.05) is 13.7 Å². The van der Waals surface area contributed by atoms with E-state index in [9.17, 15) is 13.9 Å². The normalized spacial score (nSPS) is 12.5. The van der Waals surface area contributed by atoms with Crippen molar-refractivity contribution >= 4 is 24.8 Å². The topological polar surface area (TPSA) is 67.5 Å². The van der Waals surface area contributed by atoms with Gasteiger partial charge in [0, 0.05) is 19.1 Å². The molecular formula is C18H24Cl2F2N2O2. The first-order chi connectivity index (χ1) is 11.5. The molecule has 146 valence electrons. The van der Waals surface area contributed by atoms with Crippen molar-refractivity contribution in [3.8, 4) is 5.75 Å². The first-order valence-electron chi connectivity index (χ1n) is 7.71. The van der Waals surface area contributed by atoms with Crippen molar-refractivity contribution in [3.05, 3.63) is 65.2 Å². The van der Waals surface area contributed by atoms with Gasteiger partial charge in [0.25, 0.3) is 0 Å². The van der Waals surface area contributed by atoms with Crippen LogP contribution in [0.4, 0.5) is 8.78 Å². The predicted octanol–water partition coefficient (Wildman–Crippen LogP) is 2.84. The summed E-state index contributed by atoms with van der Waals surface area (Å²) in [6.07, 6.45) is -0.539. The SMILES string of the molecule is COc1cccc(CNC[C@@H](O)[C@@H](N)Cc2ccc(F)c(F)c2)c1.Cl.Cl. The first kappa shape index (κ1) is 24.6. The van der Waals surface area contributed by atoms with Crippen molar-refractivity contribution in [1.82, 2.24) is 5.32 Å². The molecule has 8 heteroatoms. The van der Waals surface area contributed by atoms with Gasteiger partial charge in [0.05, 0.1) is 13.2 Å². The number of aliphatic hydroxyl groups is 1. The van der Waals surface area contributed by atoms with E-state index in [2.05, 4.69) is 5.32 Å². The molecular weight excluding hydrogens is 385 g/mol. The quantitative estimate of drug-likeness (QED) is 0.628. The summed E-state index contributed by atoms with van der Waals surface area (Å²) in [6, 6.07) is 10.7. The minimum Gasteiger partial charge on any atom is -0.497 e. The molecule has 0 fully saturated rings. The number of methoxy groups -OCH3 is 1. The number of rotatable bonds is 8. The fourth-order valence-electron chi connectivity index (χ4n) is 2.37. The summed E-state index contributed by atoms with van der Waals surface area (Å²) in [5, 5.41) is 13.2. The summed E-state index contributed by atoms with van der Waals surface area (Å²) < 4.78 is 31.2. The standard InChI is InChI=1S/C18H22F2N2O2.2ClH/c1-24-14-4-2-3-13(7-14)10-22-11-18(23)17(21)9-12-5-6-15(19)16(20)8-12;;/h2-8,17-18,22-23H,9-11,21H2,1H3;2*1H/t17-,18+;;/m0../s1. The number of nitrogens with two attached hydrogens (primary N) is 1. The number of halogens is 4. The summed E-state index contributed by atoms with van der Waals surface area (Å²) in [4.78, 5) is 0. The third-order valence-corrected chi connectivity index (χ3v) is 3.77. The lowest BCUT2D eigenvalue weighted by molar-refractivity contribution is 0.141. The van der Waals surface area contributed by atoms with E-state index in [4.69, 9.17) is 10.5 Å². The highest BCUT2D eigenvalue weighted by Crippen LogP contribution is 2.13. The van der Waals surface area contributed by atoms with Gasteiger partial charge in [0.15, 0.2) is 11.6 Å². The first-order valence-corrected chi connectivity index (χ1v) is 7.71. The second kappa shape index (κ2) is 12.0. The molecule has 2 aromatic carbocycles. The van der Waals surface area contributed by atoms with Crippen LogP contribution in [0.1, 0.15) is 11.1 Å². The minimum absolute atomic E-state index is 0. The second-order valence-corrected chi connectivity index (χ2v) is 5.67. The maximum Gasteiger partial charge on any atom is 0.159 e. The van der Waals surface area contributed by atoms with Crippen LogP contribution >= 0.6 is 24.8 Å². The molecule has 0 spiro atoms. The predicted molar refractivity (Wildman–Crippen MR) is 103 cm³/mol. The zero-order valence-corrected chi connectivity index (χ0v) is 16.0. The van der Waals surface area contributed by atoms with Crippen LogP contribution in [0, 0.1) is 11.6 Å². The Labute approximate surface area is 164 Å². The third kappa shape index (κ3) is 7.43. The van der Waals surface area contributed by atoms with Crippen LogP contribution in [0.25, 0.3) is 0 Å². The Morgan fingerprint density at radius 1 is 1.08 bits per heavy atom. The van der Waals surface area contributed by atoms with Gasteiger partial charge in [0.1, 0.15) is 5.75 Å². The zero-order valence-electron chi connectivity index (χ0n) is 14.3. The van der Waals surface area contributed by atoms with E-state index < -0.39 is 23.8 Å². The average Bonchev–Trinajstić information content (AvgIpc) is 2.58. The Bertz CT molecular complexity index is 677. The van der Waals surface area contributed by atoms with E-state index in [-0.39, 0.29) is 31.2 Å². The highest BCUT2D eigenvalue weighted by atomic mass is 35.5.